The number of nitrogens with two attached hydrogens (primary N) is 1. The van der Waals surface area contributed by atoms with Gasteiger partial charge in [0.1, 0.15) is 0 Å². The van der Waals surface area contributed by atoms with E-state index in [0.29, 0.717) is 10.5 Å². The van der Waals surface area contributed by atoms with Crippen molar-refractivity contribution in [2.24, 2.45) is 5.14 Å². The van der Waals surface area contributed by atoms with Gasteiger partial charge < -0.3 is 5.32 Å². The molecule has 1 aromatic carbocycles. The second-order valence-corrected chi connectivity index (χ2v) is 5.36. The Bertz CT molecular complexity index is 485. The van der Waals surface area contributed by atoms with Crippen molar-refractivity contribution in [3.63, 3.8) is 0 Å². The topological polar surface area (TPSA) is 89.3 Å². The molecule has 0 spiro atoms. The zero-order valence-corrected chi connectivity index (χ0v) is 10.1. The number of carbonyl (C=O) groups excluding carboxylic acids is 1. The molecule has 3 N–H and O–H groups in total. The molecule has 0 unspecified atom stereocenters. The van der Waals surface area contributed by atoms with Gasteiger partial charge in [0.2, 0.25) is 10.0 Å². The van der Waals surface area contributed by atoms with Crippen molar-refractivity contribution < 1.29 is 13.2 Å². The molecule has 1 aromatic rings. The van der Waals surface area contributed by atoms with Gasteiger partial charge in [-0.2, -0.15) is 0 Å². The van der Waals surface area contributed by atoms with Crippen LogP contribution in [0.3, 0.4) is 0 Å². The van der Waals surface area contributed by atoms with Crippen LogP contribution in [0.5, 0.6) is 0 Å². The number of sulfonamides is 1. The molecular formula is C9H12N2O3S2. The standard InChI is InChI=1S/C9H12N2O3S2/c10-16(13,14)6-5-11-9(12)7-3-1-2-4-8(7)15/h1-4,15H,5-6H2,(H,11,12)(H2,10,13,14). The molecule has 0 fully saturated rings. The molecule has 7 heteroatoms. The zero-order valence-electron chi connectivity index (χ0n) is 8.38. The van der Waals surface area contributed by atoms with E-state index in [2.05, 4.69) is 17.9 Å². The van der Waals surface area contributed by atoms with E-state index in [-0.39, 0.29) is 18.2 Å². The highest BCUT2D eigenvalue weighted by Gasteiger charge is 2.09. The van der Waals surface area contributed by atoms with Gasteiger partial charge in [0.15, 0.2) is 0 Å². The lowest BCUT2D eigenvalue weighted by atomic mass is 10.2. The Labute approximate surface area is 99.5 Å². The molecule has 0 saturated carbocycles. The van der Waals surface area contributed by atoms with Gasteiger partial charge in [0.25, 0.3) is 5.91 Å². The molecule has 0 heterocycles. The van der Waals surface area contributed by atoms with Gasteiger partial charge in [0, 0.05) is 11.4 Å². The van der Waals surface area contributed by atoms with Crippen molar-refractivity contribution >= 4 is 28.6 Å². The van der Waals surface area contributed by atoms with E-state index in [0.717, 1.165) is 0 Å². The fourth-order valence-electron chi connectivity index (χ4n) is 1.07. The summed E-state index contributed by atoms with van der Waals surface area (Å²) in [5.41, 5.74) is 0.403. The number of thiol groups is 1. The zero-order chi connectivity index (χ0) is 12.2. The summed E-state index contributed by atoms with van der Waals surface area (Å²) in [7, 11) is -3.55. The Kier molecular flexibility index (Phi) is 4.34. The van der Waals surface area contributed by atoms with E-state index in [9.17, 15) is 13.2 Å². The van der Waals surface area contributed by atoms with Crippen LogP contribution in [0.2, 0.25) is 0 Å². The van der Waals surface area contributed by atoms with Crippen LogP contribution >= 0.6 is 12.6 Å². The molecule has 0 atom stereocenters. The molecule has 88 valence electrons. The number of amides is 1. The van der Waals surface area contributed by atoms with Gasteiger partial charge in [0.05, 0.1) is 11.3 Å². The van der Waals surface area contributed by atoms with E-state index >= 15 is 0 Å². The number of carbonyl (C=O) groups is 1. The maximum absolute atomic E-state index is 11.6. The molecule has 0 saturated heterocycles. The van der Waals surface area contributed by atoms with E-state index in [1.54, 1.807) is 24.3 Å². The van der Waals surface area contributed by atoms with Gasteiger partial charge in [-0.15, -0.1) is 12.6 Å². The molecule has 0 aliphatic carbocycles. The summed E-state index contributed by atoms with van der Waals surface area (Å²) >= 11 is 4.11. The molecule has 0 radical (unpaired) electrons. The maximum atomic E-state index is 11.6. The van der Waals surface area contributed by atoms with Crippen molar-refractivity contribution in [3.05, 3.63) is 29.8 Å². The number of benzene rings is 1. The summed E-state index contributed by atoms with van der Waals surface area (Å²) in [5, 5.41) is 7.25. The van der Waals surface area contributed by atoms with Gasteiger partial charge in [-0.05, 0) is 12.1 Å². The Morgan fingerprint density at radius 1 is 1.38 bits per heavy atom. The first-order valence-electron chi connectivity index (χ1n) is 4.47. The lowest BCUT2D eigenvalue weighted by Crippen LogP contribution is -2.31. The van der Waals surface area contributed by atoms with Gasteiger partial charge in [-0.3, -0.25) is 4.79 Å². The van der Waals surface area contributed by atoms with Crippen LogP contribution in [0.15, 0.2) is 29.2 Å². The normalized spacial score (nSPS) is 11.1. The summed E-state index contributed by atoms with van der Waals surface area (Å²) < 4.78 is 21.3. The quantitative estimate of drug-likeness (QED) is 0.665. The van der Waals surface area contributed by atoms with Crippen LogP contribution in [0.25, 0.3) is 0 Å². The third-order valence-corrected chi connectivity index (χ3v) is 2.98. The summed E-state index contributed by atoms with van der Waals surface area (Å²) in [6, 6.07) is 6.74. The molecule has 0 aromatic heterocycles. The number of hydrogen-bond acceptors (Lipinski definition) is 4. The van der Waals surface area contributed by atoms with Crippen LogP contribution in [-0.2, 0) is 10.0 Å². The monoisotopic (exact) mass is 260 g/mol. The lowest BCUT2D eigenvalue weighted by molar-refractivity contribution is 0.0953. The molecule has 16 heavy (non-hydrogen) atoms. The van der Waals surface area contributed by atoms with Crippen molar-refractivity contribution in [2.45, 2.75) is 4.90 Å². The van der Waals surface area contributed by atoms with E-state index in [4.69, 9.17) is 5.14 Å². The Morgan fingerprint density at radius 3 is 2.56 bits per heavy atom. The molecule has 1 amide bonds. The second kappa shape index (κ2) is 5.33. The number of nitrogens with one attached hydrogen (secondary N) is 1. The van der Waals surface area contributed by atoms with Crippen molar-refractivity contribution in [1.29, 1.82) is 0 Å². The van der Waals surface area contributed by atoms with E-state index in [1.807, 2.05) is 0 Å². The minimum Gasteiger partial charge on any atom is -0.351 e. The Hall–Kier alpha value is -1.05. The average molecular weight is 260 g/mol. The summed E-state index contributed by atoms with van der Waals surface area (Å²) in [5.74, 6) is -0.651. The average Bonchev–Trinajstić information content (AvgIpc) is 2.16. The number of rotatable bonds is 4. The largest absolute Gasteiger partial charge is 0.351 e. The summed E-state index contributed by atoms with van der Waals surface area (Å²) in [6.07, 6.45) is 0. The van der Waals surface area contributed by atoms with Crippen LogP contribution in [-0.4, -0.2) is 26.6 Å². The summed E-state index contributed by atoms with van der Waals surface area (Å²) in [6.45, 7) is -0.0141. The second-order valence-electron chi connectivity index (χ2n) is 3.14. The summed E-state index contributed by atoms with van der Waals surface area (Å²) in [4.78, 5) is 12.1. The Balaban J connectivity index is 2.57. The van der Waals surface area contributed by atoms with Gasteiger partial charge >= 0.3 is 0 Å². The molecule has 1 rings (SSSR count). The smallest absolute Gasteiger partial charge is 0.252 e. The maximum Gasteiger partial charge on any atom is 0.252 e. The van der Waals surface area contributed by atoms with Crippen LogP contribution in [0.1, 0.15) is 10.4 Å². The fraction of sp³-hybridized carbons (Fsp3) is 0.222. The first kappa shape index (κ1) is 13.0. The van der Waals surface area contributed by atoms with Crippen molar-refractivity contribution in [1.82, 2.24) is 5.32 Å². The highest BCUT2D eigenvalue weighted by atomic mass is 32.2. The lowest BCUT2D eigenvalue weighted by Gasteiger charge is -2.05. The van der Waals surface area contributed by atoms with Crippen LogP contribution in [0.4, 0.5) is 0 Å². The molecule has 0 aliphatic heterocycles. The molecule has 0 bridgehead atoms. The van der Waals surface area contributed by atoms with Crippen molar-refractivity contribution in [2.75, 3.05) is 12.3 Å². The SMILES string of the molecule is NS(=O)(=O)CCNC(=O)c1ccccc1S. The minimum absolute atomic E-state index is 0.0141. The predicted octanol–water partition coefficient (Wildman–Crippen LogP) is -0.00640. The minimum atomic E-state index is -3.55. The van der Waals surface area contributed by atoms with Crippen LogP contribution < -0.4 is 10.5 Å². The fourth-order valence-corrected chi connectivity index (χ4v) is 1.72. The predicted molar refractivity (Wildman–Crippen MR) is 64.0 cm³/mol. The highest BCUT2D eigenvalue weighted by molar-refractivity contribution is 7.89. The van der Waals surface area contributed by atoms with Crippen molar-refractivity contribution in [3.8, 4) is 0 Å². The van der Waals surface area contributed by atoms with E-state index in [1.165, 1.54) is 0 Å². The number of hydrogen-bond donors (Lipinski definition) is 3. The van der Waals surface area contributed by atoms with Gasteiger partial charge in [-0.25, -0.2) is 13.6 Å². The Morgan fingerprint density at radius 2 is 2.00 bits per heavy atom. The van der Waals surface area contributed by atoms with E-state index < -0.39 is 10.0 Å². The van der Waals surface area contributed by atoms with Gasteiger partial charge in [-0.1, -0.05) is 12.1 Å². The van der Waals surface area contributed by atoms with Crippen LogP contribution in [0, 0.1) is 0 Å². The number of primary sulfonamides is 1. The first-order chi connectivity index (χ1) is 7.40. The third kappa shape index (κ3) is 4.21. The first-order valence-corrected chi connectivity index (χ1v) is 6.63. The molecular weight excluding hydrogens is 248 g/mol. The molecule has 0 aliphatic rings. The molecule has 5 nitrogen and oxygen atoms in total. The highest BCUT2D eigenvalue weighted by Crippen LogP contribution is 2.12. The third-order valence-electron chi connectivity index (χ3n) is 1.82.